The van der Waals surface area contributed by atoms with Crippen molar-refractivity contribution in [1.29, 1.82) is 0 Å². The monoisotopic (exact) mass is 324 g/mol. The molecule has 2 aromatic rings. The number of rotatable bonds is 2. The fraction of sp³-hybridized carbons (Fsp3) is 0.429. The zero-order chi connectivity index (χ0) is 12.7. The molecule has 2 aromatic heterocycles. The molecule has 0 saturated heterocycles. The molecule has 0 saturated carbocycles. The number of thiophene rings is 1. The molecule has 0 spiro atoms. The first-order valence-electron chi connectivity index (χ1n) is 6.33. The fourth-order valence-corrected chi connectivity index (χ4v) is 4.27. The van der Waals surface area contributed by atoms with E-state index in [1.165, 1.54) is 39.1 Å². The summed E-state index contributed by atoms with van der Waals surface area (Å²) in [6, 6.07) is 4.64. The van der Waals surface area contributed by atoms with Crippen LogP contribution in [0.5, 0.6) is 0 Å². The van der Waals surface area contributed by atoms with Gasteiger partial charge in [-0.25, -0.2) is 0 Å². The Labute approximate surface area is 120 Å². The van der Waals surface area contributed by atoms with Gasteiger partial charge in [-0.15, -0.1) is 11.3 Å². The molecule has 18 heavy (non-hydrogen) atoms. The first kappa shape index (κ1) is 12.5. The van der Waals surface area contributed by atoms with Gasteiger partial charge in [-0.3, -0.25) is 0 Å². The quantitative estimate of drug-likeness (QED) is 0.889. The van der Waals surface area contributed by atoms with Crippen molar-refractivity contribution < 1.29 is 0 Å². The summed E-state index contributed by atoms with van der Waals surface area (Å²) in [5.41, 5.74) is 10.4. The fourth-order valence-electron chi connectivity index (χ4n) is 2.80. The van der Waals surface area contributed by atoms with Gasteiger partial charge in [0.25, 0.3) is 0 Å². The molecule has 96 valence electrons. The predicted octanol–water partition coefficient (Wildman–Crippen LogP) is 4.00. The Morgan fingerprint density at radius 1 is 1.56 bits per heavy atom. The van der Waals surface area contributed by atoms with Crippen LogP contribution in [0.2, 0.25) is 0 Å². The molecular weight excluding hydrogens is 308 g/mol. The van der Waals surface area contributed by atoms with E-state index in [1.54, 1.807) is 0 Å². The highest BCUT2D eigenvalue weighted by Gasteiger charge is 2.22. The van der Waals surface area contributed by atoms with Crippen molar-refractivity contribution in [3.63, 3.8) is 0 Å². The molecule has 2 nitrogen and oxygen atoms in total. The standard InChI is InChI=1S/C14H17BrN2S/c1-9-7-10-12(16)3-2-4-13(10)17(9)8-14-11(15)5-6-18-14/h5-7,12H,2-4,8,16H2,1H3. The molecule has 0 radical (unpaired) electrons. The number of aromatic nitrogens is 1. The number of aryl methyl sites for hydroxylation is 1. The first-order valence-corrected chi connectivity index (χ1v) is 8.00. The number of hydrogen-bond donors (Lipinski definition) is 1. The van der Waals surface area contributed by atoms with Crippen LogP contribution in [-0.4, -0.2) is 4.57 Å². The largest absolute Gasteiger partial charge is 0.343 e. The molecule has 2 heterocycles. The zero-order valence-electron chi connectivity index (χ0n) is 10.4. The predicted molar refractivity (Wildman–Crippen MR) is 80.2 cm³/mol. The average Bonchev–Trinajstić information content (AvgIpc) is 2.87. The number of fused-ring (bicyclic) bond motifs is 1. The summed E-state index contributed by atoms with van der Waals surface area (Å²) in [6.07, 6.45) is 3.50. The molecule has 2 N–H and O–H groups in total. The number of nitrogens with two attached hydrogens (primary N) is 1. The van der Waals surface area contributed by atoms with Crippen LogP contribution in [0.1, 0.15) is 40.7 Å². The zero-order valence-corrected chi connectivity index (χ0v) is 12.9. The highest BCUT2D eigenvalue weighted by atomic mass is 79.9. The highest BCUT2D eigenvalue weighted by molar-refractivity contribution is 9.10. The van der Waals surface area contributed by atoms with E-state index in [0.717, 1.165) is 13.0 Å². The second-order valence-corrected chi connectivity index (χ2v) is 6.82. The van der Waals surface area contributed by atoms with E-state index in [0.29, 0.717) is 0 Å². The summed E-state index contributed by atoms with van der Waals surface area (Å²) < 4.78 is 3.65. The van der Waals surface area contributed by atoms with Crippen LogP contribution in [0.25, 0.3) is 0 Å². The Kier molecular flexibility index (Phi) is 3.34. The molecule has 1 unspecified atom stereocenters. The van der Waals surface area contributed by atoms with Gasteiger partial charge in [0.15, 0.2) is 0 Å². The van der Waals surface area contributed by atoms with Crippen LogP contribution < -0.4 is 5.73 Å². The van der Waals surface area contributed by atoms with Crippen molar-refractivity contribution in [2.75, 3.05) is 0 Å². The summed E-state index contributed by atoms with van der Waals surface area (Å²) in [5.74, 6) is 0. The van der Waals surface area contributed by atoms with E-state index in [4.69, 9.17) is 5.73 Å². The molecule has 1 aliphatic carbocycles. The molecule has 1 aliphatic rings. The van der Waals surface area contributed by atoms with Crippen molar-refractivity contribution in [3.05, 3.63) is 43.8 Å². The van der Waals surface area contributed by atoms with E-state index < -0.39 is 0 Å². The van der Waals surface area contributed by atoms with Crippen molar-refractivity contribution in [3.8, 4) is 0 Å². The van der Waals surface area contributed by atoms with Crippen molar-refractivity contribution in [2.24, 2.45) is 5.73 Å². The van der Waals surface area contributed by atoms with E-state index in [-0.39, 0.29) is 6.04 Å². The summed E-state index contributed by atoms with van der Waals surface area (Å²) in [7, 11) is 0. The topological polar surface area (TPSA) is 30.9 Å². The van der Waals surface area contributed by atoms with Crippen LogP contribution in [0.15, 0.2) is 22.0 Å². The van der Waals surface area contributed by atoms with Gasteiger partial charge >= 0.3 is 0 Å². The number of nitrogens with zero attached hydrogens (tertiary/aromatic N) is 1. The van der Waals surface area contributed by atoms with Gasteiger partial charge in [0.2, 0.25) is 0 Å². The molecule has 4 heteroatoms. The Balaban J connectivity index is 2.00. The van der Waals surface area contributed by atoms with Gasteiger partial charge in [0, 0.05) is 26.8 Å². The van der Waals surface area contributed by atoms with E-state index in [9.17, 15) is 0 Å². The Bertz CT molecular complexity index is 570. The maximum absolute atomic E-state index is 6.21. The van der Waals surface area contributed by atoms with Crippen LogP contribution in [-0.2, 0) is 13.0 Å². The lowest BCUT2D eigenvalue weighted by Gasteiger charge is -2.21. The molecule has 3 rings (SSSR count). The van der Waals surface area contributed by atoms with Crippen molar-refractivity contribution >= 4 is 27.3 Å². The van der Waals surface area contributed by atoms with Crippen LogP contribution >= 0.6 is 27.3 Å². The minimum absolute atomic E-state index is 0.237. The summed E-state index contributed by atoms with van der Waals surface area (Å²) >= 11 is 5.43. The maximum Gasteiger partial charge on any atom is 0.0580 e. The Morgan fingerprint density at radius 2 is 2.39 bits per heavy atom. The van der Waals surface area contributed by atoms with Crippen LogP contribution in [0, 0.1) is 6.92 Å². The summed E-state index contributed by atoms with van der Waals surface area (Å²) in [4.78, 5) is 1.38. The van der Waals surface area contributed by atoms with Gasteiger partial charge in [0.05, 0.1) is 6.54 Å². The second kappa shape index (κ2) is 4.83. The van der Waals surface area contributed by atoms with Crippen LogP contribution in [0.3, 0.4) is 0 Å². The number of hydrogen-bond acceptors (Lipinski definition) is 2. The lowest BCUT2D eigenvalue weighted by molar-refractivity contribution is 0.547. The van der Waals surface area contributed by atoms with Gasteiger partial charge in [-0.05, 0) is 65.2 Å². The lowest BCUT2D eigenvalue weighted by atomic mass is 9.93. The van der Waals surface area contributed by atoms with Gasteiger partial charge in [0.1, 0.15) is 0 Å². The van der Waals surface area contributed by atoms with Gasteiger partial charge < -0.3 is 10.3 Å². The molecule has 0 bridgehead atoms. The summed E-state index contributed by atoms with van der Waals surface area (Å²) in [6.45, 7) is 3.15. The molecular formula is C14H17BrN2S. The Hall–Kier alpha value is -0.580. The molecule has 0 aromatic carbocycles. The summed E-state index contributed by atoms with van der Waals surface area (Å²) in [5, 5.41) is 2.14. The van der Waals surface area contributed by atoms with Crippen molar-refractivity contribution in [2.45, 2.75) is 38.8 Å². The third-order valence-corrected chi connectivity index (χ3v) is 5.68. The molecule has 0 fully saturated rings. The normalized spacial score (nSPS) is 18.9. The SMILES string of the molecule is Cc1cc2c(n1Cc1sccc1Br)CCCC2N. The first-order chi connectivity index (χ1) is 8.66. The third-order valence-electron chi connectivity index (χ3n) is 3.77. The molecule has 0 aliphatic heterocycles. The second-order valence-electron chi connectivity index (χ2n) is 4.96. The maximum atomic E-state index is 6.21. The highest BCUT2D eigenvalue weighted by Crippen LogP contribution is 2.32. The molecule has 1 atom stereocenters. The smallest absolute Gasteiger partial charge is 0.0580 e. The van der Waals surface area contributed by atoms with Crippen molar-refractivity contribution in [1.82, 2.24) is 4.57 Å². The van der Waals surface area contributed by atoms with E-state index in [1.807, 2.05) is 11.3 Å². The minimum Gasteiger partial charge on any atom is -0.343 e. The average molecular weight is 325 g/mol. The van der Waals surface area contributed by atoms with Gasteiger partial charge in [-0.1, -0.05) is 0 Å². The lowest BCUT2D eigenvalue weighted by Crippen LogP contribution is -2.18. The molecule has 0 amide bonds. The number of halogens is 1. The van der Waals surface area contributed by atoms with Gasteiger partial charge in [-0.2, -0.15) is 0 Å². The van der Waals surface area contributed by atoms with Crippen LogP contribution in [0.4, 0.5) is 0 Å². The minimum atomic E-state index is 0.237. The van der Waals surface area contributed by atoms with E-state index in [2.05, 4.69) is 44.9 Å². The third kappa shape index (κ3) is 2.06. The Morgan fingerprint density at radius 3 is 3.11 bits per heavy atom. The van der Waals surface area contributed by atoms with E-state index >= 15 is 0 Å².